The van der Waals surface area contributed by atoms with Crippen molar-refractivity contribution in [3.63, 3.8) is 0 Å². The van der Waals surface area contributed by atoms with Crippen molar-refractivity contribution in [2.75, 3.05) is 18.8 Å². The van der Waals surface area contributed by atoms with E-state index >= 15 is 0 Å². The fraction of sp³-hybridized carbons (Fsp3) is 1.00. The van der Waals surface area contributed by atoms with Crippen LogP contribution >= 0.6 is 11.8 Å². The molecule has 2 atom stereocenters. The highest BCUT2D eigenvalue weighted by atomic mass is 32.2. The first kappa shape index (κ1) is 11.4. The van der Waals surface area contributed by atoms with Gasteiger partial charge in [0.2, 0.25) is 0 Å². The topological polar surface area (TPSA) is 15.3 Å². The van der Waals surface area contributed by atoms with Crippen LogP contribution in [0.3, 0.4) is 0 Å². The maximum atomic E-state index is 3.90. The fourth-order valence-electron chi connectivity index (χ4n) is 3.12. The number of rotatable bonds is 3. The van der Waals surface area contributed by atoms with Crippen molar-refractivity contribution in [2.24, 2.45) is 0 Å². The van der Waals surface area contributed by atoms with Crippen LogP contribution in [0.25, 0.3) is 0 Å². The lowest BCUT2D eigenvalue weighted by Gasteiger charge is -2.34. The second kappa shape index (κ2) is 4.87. The SMILES string of the molecule is CC1SCCC1NC1CCN(C2CC2)CC1. The Morgan fingerprint density at radius 2 is 1.81 bits per heavy atom. The third kappa shape index (κ3) is 2.57. The summed E-state index contributed by atoms with van der Waals surface area (Å²) >= 11 is 2.14. The van der Waals surface area contributed by atoms with E-state index in [0.29, 0.717) is 0 Å². The molecule has 0 amide bonds. The van der Waals surface area contributed by atoms with Gasteiger partial charge in [0.1, 0.15) is 0 Å². The quantitative estimate of drug-likeness (QED) is 0.813. The summed E-state index contributed by atoms with van der Waals surface area (Å²) in [5, 5.41) is 4.73. The molecule has 0 aromatic heterocycles. The number of piperidine rings is 1. The molecule has 3 fully saturated rings. The Hall–Kier alpha value is 0.270. The molecule has 3 aliphatic rings. The molecule has 2 saturated heterocycles. The minimum absolute atomic E-state index is 0.794. The highest BCUT2D eigenvalue weighted by Gasteiger charge is 2.33. The van der Waals surface area contributed by atoms with Crippen LogP contribution in [-0.2, 0) is 0 Å². The predicted octanol–water partition coefficient (Wildman–Crippen LogP) is 2.10. The van der Waals surface area contributed by atoms with E-state index in [9.17, 15) is 0 Å². The Kier molecular flexibility index (Phi) is 3.46. The van der Waals surface area contributed by atoms with Crippen LogP contribution in [0.1, 0.15) is 39.0 Å². The van der Waals surface area contributed by atoms with Crippen LogP contribution in [0.4, 0.5) is 0 Å². The molecule has 0 aromatic carbocycles. The van der Waals surface area contributed by atoms with Gasteiger partial charge in [0, 0.05) is 23.4 Å². The molecule has 1 N–H and O–H groups in total. The van der Waals surface area contributed by atoms with E-state index in [0.717, 1.165) is 23.4 Å². The van der Waals surface area contributed by atoms with Crippen molar-refractivity contribution in [3.05, 3.63) is 0 Å². The van der Waals surface area contributed by atoms with Gasteiger partial charge in [0.05, 0.1) is 0 Å². The average Bonchev–Trinajstić information content (AvgIpc) is 3.07. The second-order valence-corrected chi connectivity index (χ2v) is 7.16. The summed E-state index contributed by atoms with van der Waals surface area (Å²) in [5.41, 5.74) is 0. The fourth-order valence-corrected chi connectivity index (χ4v) is 4.33. The van der Waals surface area contributed by atoms with Gasteiger partial charge < -0.3 is 10.2 Å². The van der Waals surface area contributed by atoms with Crippen molar-refractivity contribution >= 4 is 11.8 Å². The van der Waals surface area contributed by atoms with E-state index in [-0.39, 0.29) is 0 Å². The van der Waals surface area contributed by atoms with Crippen LogP contribution in [0.2, 0.25) is 0 Å². The molecule has 92 valence electrons. The van der Waals surface area contributed by atoms with Gasteiger partial charge in [0.15, 0.2) is 0 Å². The van der Waals surface area contributed by atoms with Crippen molar-refractivity contribution < 1.29 is 0 Å². The number of hydrogen-bond donors (Lipinski definition) is 1. The van der Waals surface area contributed by atoms with Crippen LogP contribution in [-0.4, -0.2) is 47.1 Å². The predicted molar refractivity (Wildman–Crippen MR) is 71.1 cm³/mol. The molecule has 0 spiro atoms. The molecule has 0 radical (unpaired) electrons. The van der Waals surface area contributed by atoms with E-state index in [4.69, 9.17) is 0 Å². The molecule has 2 nitrogen and oxygen atoms in total. The third-order valence-electron chi connectivity index (χ3n) is 4.42. The average molecular weight is 240 g/mol. The first-order valence-electron chi connectivity index (χ1n) is 6.94. The number of nitrogens with zero attached hydrogens (tertiary/aromatic N) is 1. The Morgan fingerprint density at radius 3 is 2.38 bits per heavy atom. The van der Waals surface area contributed by atoms with Crippen molar-refractivity contribution in [3.8, 4) is 0 Å². The first-order chi connectivity index (χ1) is 7.83. The lowest BCUT2D eigenvalue weighted by Crippen LogP contribution is -2.48. The maximum Gasteiger partial charge on any atom is 0.0194 e. The molecule has 2 heterocycles. The van der Waals surface area contributed by atoms with Gasteiger partial charge >= 0.3 is 0 Å². The van der Waals surface area contributed by atoms with Crippen LogP contribution in [0.5, 0.6) is 0 Å². The van der Waals surface area contributed by atoms with Gasteiger partial charge in [-0.25, -0.2) is 0 Å². The van der Waals surface area contributed by atoms with Crippen molar-refractivity contribution in [1.82, 2.24) is 10.2 Å². The molecule has 3 heteroatoms. The first-order valence-corrected chi connectivity index (χ1v) is 7.99. The van der Waals surface area contributed by atoms with E-state index < -0.39 is 0 Å². The number of likely N-dealkylation sites (tertiary alicyclic amines) is 1. The Morgan fingerprint density at radius 1 is 1.06 bits per heavy atom. The monoisotopic (exact) mass is 240 g/mol. The molecule has 1 aliphatic carbocycles. The summed E-state index contributed by atoms with van der Waals surface area (Å²) in [5.74, 6) is 1.36. The number of thioether (sulfide) groups is 1. The van der Waals surface area contributed by atoms with Gasteiger partial charge in [0.25, 0.3) is 0 Å². The van der Waals surface area contributed by atoms with Gasteiger partial charge in [-0.15, -0.1) is 0 Å². The molecule has 2 unspecified atom stereocenters. The highest BCUT2D eigenvalue weighted by Crippen LogP contribution is 2.30. The van der Waals surface area contributed by atoms with E-state index in [2.05, 4.69) is 28.9 Å². The Labute approximate surface area is 104 Å². The molecule has 0 aromatic rings. The van der Waals surface area contributed by atoms with Crippen LogP contribution in [0, 0.1) is 0 Å². The molecule has 16 heavy (non-hydrogen) atoms. The molecule has 0 bridgehead atoms. The zero-order valence-corrected chi connectivity index (χ0v) is 11.1. The Balaban J connectivity index is 1.43. The van der Waals surface area contributed by atoms with E-state index in [1.807, 2.05) is 0 Å². The van der Waals surface area contributed by atoms with Crippen molar-refractivity contribution in [1.29, 1.82) is 0 Å². The Bertz CT molecular complexity index is 234. The number of hydrogen-bond acceptors (Lipinski definition) is 3. The lowest BCUT2D eigenvalue weighted by molar-refractivity contribution is 0.183. The molecule has 3 rings (SSSR count). The minimum Gasteiger partial charge on any atom is -0.310 e. The molecular weight excluding hydrogens is 216 g/mol. The summed E-state index contributed by atoms with van der Waals surface area (Å²) in [7, 11) is 0. The third-order valence-corrected chi connectivity index (χ3v) is 5.74. The molecule has 2 aliphatic heterocycles. The summed E-state index contributed by atoms with van der Waals surface area (Å²) in [4.78, 5) is 2.71. The minimum atomic E-state index is 0.794. The smallest absolute Gasteiger partial charge is 0.0194 e. The van der Waals surface area contributed by atoms with E-state index in [1.165, 1.54) is 50.9 Å². The summed E-state index contributed by atoms with van der Waals surface area (Å²) in [6.07, 6.45) is 7.08. The van der Waals surface area contributed by atoms with Gasteiger partial charge in [-0.2, -0.15) is 11.8 Å². The standard InChI is InChI=1S/C13H24N2S/c1-10-13(6-9-16-10)14-11-4-7-15(8-5-11)12-2-3-12/h10-14H,2-9H2,1H3. The zero-order valence-electron chi connectivity index (χ0n) is 10.3. The molecule has 1 saturated carbocycles. The second-order valence-electron chi connectivity index (χ2n) is 5.68. The molecular formula is C13H24N2S. The van der Waals surface area contributed by atoms with Crippen LogP contribution in [0.15, 0.2) is 0 Å². The summed E-state index contributed by atoms with van der Waals surface area (Å²) < 4.78 is 0. The van der Waals surface area contributed by atoms with Gasteiger partial charge in [-0.1, -0.05) is 6.92 Å². The lowest BCUT2D eigenvalue weighted by atomic mass is 10.0. The summed E-state index contributed by atoms with van der Waals surface area (Å²) in [6, 6.07) is 2.57. The normalized spacial score (nSPS) is 38.1. The number of nitrogens with one attached hydrogen (secondary N) is 1. The summed E-state index contributed by atoms with van der Waals surface area (Å²) in [6.45, 7) is 5.07. The highest BCUT2D eigenvalue weighted by molar-refractivity contribution is 8.00. The maximum absolute atomic E-state index is 3.90. The van der Waals surface area contributed by atoms with Crippen molar-refractivity contribution in [2.45, 2.75) is 62.4 Å². The van der Waals surface area contributed by atoms with Crippen LogP contribution < -0.4 is 5.32 Å². The largest absolute Gasteiger partial charge is 0.310 e. The van der Waals surface area contributed by atoms with E-state index in [1.54, 1.807) is 0 Å². The zero-order chi connectivity index (χ0) is 11.0. The van der Waals surface area contributed by atoms with Gasteiger partial charge in [-0.05, 0) is 50.9 Å². The van der Waals surface area contributed by atoms with Gasteiger partial charge in [-0.3, -0.25) is 0 Å².